The van der Waals surface area contributed by atoms with Gasteiger partial charge in [0, 0.05) is 23.0 Å². The Bertz CT molecular complexity index is 763. The van der Waals surface area contributed by atoms with Crippen molar-refractivity contribution < 1.29 is 5.11 Å². The number of pyridine rings is 1. The van der Waals surface area contributed by atoms with Gasteiger partial charge in [0.1, 0.15) is 0 Å². The zero-order valence-electron chi connectivity index (χ0n) is 12.9. The molecule has 22 heavy (non-hydrogen) atoms. The molecule has 0 aliphatic carbocycles. The molecule has 3 aromatic rings. The molecule has 0 fully saturated rings. The highest BCUT2D eigenvalue weighted by Crippen LogP contribution is 2.29. The summed E-state index contributed by atoms with van der Waals surface area (Å²) in [6.45, 7) is 4.17. The van der Waals surface area contributed by atoms with Crippen LogP contribution in [0.2, 0.25) is 0 Å². The third kappa shape index (κ3) is 3.26. The second-order valence-electron chi connectivity index (χ2n) is 6.11. The molecule has 1 aromatic heterocycles. The lowest BCUT2D eigenvalue weighted by Crippen LogP contribution is -2.35. The second-order valence-corrected chi connectivity index (χ2v) is 6.11. The molecule has 3 heteroatoms. The molecule has 2 aromatic carbocycles. The van der Waals surface area contributed by atoms with Gasteiger partial charge in [-0.15, -0.1) is 0 Å². The van der Waals surface area contributed by atoms with E-state index in [0.717, 1.165) is 22.3 Å². The van der Waals surface area contributed by atoms with Crippen LogP contribution in [0, 0.1) is 0 Å². The zero-order chi connectivity index (χ0) is 15.6. The van der Waals surface area contributed by atoms with Gasteiger partial charge in [0.05, 0.1) is 17.7 Å². The van der Waals surface area contributed by atoms with Gasteiger partial charge in [-0.05, 0) is 50.2 Å². The van der Waals surface area contributed by atoms with E-state index in [-0.39, 0.29) is 0 Å². The SMILES string of the molecule is CC(C)(O)CN(c1ccccc1)c1ccc2ncccc2c1. The molecule has 0 saturated heterocycles. The highest BCUT2D eigenvalue weighted by atomic mass is 16.3. The van der Waals surface area contributed by atoms with E-state index in [1.807, 2.05) is 50.2 Å². The fraction of sp³-hybridized carbons (Fsp3) is 0.211. The summed E-state index contributed by atoms with van der Waals surface area (Å²) >= 11 is 0. The summed E-state index contributed by atoms with van der Waals surface area (Å²) in [4.78, 5) is 6.49. The van der Waals surface area contributed by atoms with Crippen molar-refractivity contribution in [3.63, 3.8) is 0 Å². The van der Waals surface area contributed by atoms with E-state index in [1.165, 1.54) is 0 Å². The first-order chi connectivity index (χ1) is 10.5. The summed E-state index contributed by atoms with van der Waals surface area (Å²) in [5, 5.41) is 11.4. The van der Waals surface area contributed by atoms with Gasteiger partial charge >= 0.3 is 0 Å². The molecule has 1 heterocycles. The van der Waals surface area contributed by atoms with Crippen molar-refractivity contribution in [2.45, 2.75) is 19.4 Å². The van der Waals surface area contributed by atoms with E-state index in [4.69, 9.17) is 0 Å². The summed E-state index contributed by atoms with van der Waals surface area (Å²) in [5.74, 6) is 0. The van der Waals surface area contributed by atoms with Crippen LogP contribution in [0.25, 0.3) is 10.9 Å². The van der Waals surface area contributed by atoms with Crippen molar-refractivity contribution >= 4 is 22.3 Å². The van der Waals surface area contributed by atoms with Crippen LogP contribution in [0.1, 0.15) is 13.8 Å². The Labute approximate surface area is 130 Å². The zero-order valence-corrected chi connectivity index (χ0v) is 12.9. The Morgan fingerprint density at radius 2 is 1.73 bits per heavy atom. The largest absolute Gasteiger partial charge is 0.389 e. The molecule has 0 aliphatic rings. The summed E-state index contributed by atoms with van der Waals surface area (Å²) in [6.07, 6.45) is 1.80. The third-order valence-electron chi connectivity index (χ3n) is 3.51. The Morgan fingerprint density at radius 3 is 2.45 bits per heavy atom. The Balaban J connectivity index is 2.07. The van der Waals surface area contributed by atoms with Gasteiger partial charge in [-0.25, -0.2) is 0 Å². The van der Waals surface area contributed by atoms with Gasteiger partial charge in [-0.1, -0.05) is 24.3 Å². The minimum Gasteiger partial charge on any atom is -0.389 e. The maximum Gasteiger partial charge on any atom is 0.0770 e. The van der Waals surface area contributed by atoms with Crippen molar-refractivity contribution in [3.05, 3.63) is 66.9 Å². The van der Waals surface area contributed by atoms with Gasteiger partial charge in [-0.2, -0.15) is 0 Å². The highest BCUT2D eigenvalue weighted by Gasteiger charge is 2.20. The fourth-order valence-electron chi connectivity index (χ4n) is 2.56. The van der Waals surface area contributed by atoms with Crippen LogP contribution in [0.15, 0.2) is 66.9 Å². The molecule has 0 unspecified atom stereocenters. The number of hydrogen-bond donors (Lipinski definition) is 1. The average molecular weight is 292 g/mol. The number of benzene rings is 2. The number of hydrogen-bond acceptors (Lipinski definition) is 3. The molecule has 0 radical (unpaired) electrons. The lowest BCUT2D eigenvalue weighted by Gasteiger charge is -2.31. The summed E-state index contributed by atoms with van der Waals surface area (Å²) in [5.41, 5.74) is 2.30. The molecular formula is C19H20N2O. The second kappa shape index (κ2) is 5.78. The van der Waals surface area contributed by atoms with Crippen LogP contribution in [-0.2, 0) is 0 Å². The Kier molecular flexibility index (Phi) is 3.82. The predicted octanol–water partition coefficient (Wildman–Crippen LogP) is 4.14. The molecule has 0 amide bonds. The Hall–Kier alpha value is -2.39. The molecule has 0 spiro atoms. The molecule has 3 rings (SSSR count). The fourth-order valence-corrected chi connectivity index (χ4v) is 2.56. The van der Waals surface area contributed by atoms with Crippen molar-refractivity contribution in [1.82, 2.24) is 4.98 Å². The highest BCUT2D eigenvalue weighted by molar-refractivity contribution is 5.83. The maximum absolute atomic E-state index is 10.3. The van der Waals surface area contributed by atoms with Crippen LogP contribution in [0.5, 0.6) is 0 Å². The van der Waals surface area contributed by atoms with E-state index in [9.17, 15) is 5.11 Å². The van der Waals surface area contributed by atoms with Crippen molar-refractivity contribution in [2.75, 3.05) is 11.4 Å². The Morgan fingerprint density at radius 1 is 0.955 bits per heavy atom. The molecule has 112 valence electrons. The van der Waals surface area contributed by atoms with Crippen LogP contribution in [0.4, 0.5) is 11.4 Å². The molecule has 0 atom stereocenters. The van der Waals surface area contributed by atoms with E-state index < -0.39 is 5.60 Å². The van der Waals surface area contributed by atoms with E-state index >= 15 is 0 Å². The lowest BCUT2D eigenvalue weighted by atomic mass is 10.1. The van der Waals surface area contributed by atoms with Gasteiger partial charge in [-0.3, -0.25) is 4.98 Å². The number of aromatic nitrogens is 1. The van der Waals surface area contributed by atoms with Crippen LogP contribution in [0.3, 0.4) is 0 Å². The summed E-state index contributed by atoms with van der Waals surface area (Å²) in [7, 11) is 0. The van der Waals surface area contributed by atoms with Crippen molar-refractivity contribution in [3.8, 4) is 0 Å². The quantitative estimate of drug-likeness (QED) is 0.785. The third-order valence-corrected chi connectivity index (χ3v) is 3.51. The smallest absolute Gasteiger partial charge is 0.0770 e. The standard InChI is InChI=1S/C19H20N2O/c1-19(2,22)14-21(16-8-4-3-5-9-16)17-10-11-18-15(13-17)7-6-12-20-18/h3-13,22H,14H2,1-2H3. The molecule has 1 N–H and O–H groups in total. The molecule has 0 bridgehead atoms. The minimum absolute atomic E-state index is 0.517. The van der Waals surface area contributed by atoms with Crippen LogP contribution >= 0.6 is 0 Å². The van der Waals surface area contributed by atoms with Crippen LogP contribution < -0.4 is 4.90 Å². The lowest BCUT2D eigenvalue weighted by molar-refractivity contribution is 0.0898. The van der Waals surface area contributed by atoms with Crippen molar-refractivity contribution in [2.24, 2.45) is 0 Å². The van der Waals surface area contributed by atoms with Gasteiger partial charge < -0.3 is 10.0 Å². The topological polar surface area (TPSA) is 36.4 Å². The molecule has 3 nitrogen and oxygen atoms in total. The van der Waals surface area contributed by atoms with Crippen molar-refractivity contribution in [1.29, 1.82) is 0 Å². The minimum atomic E-state index is -0.792. The molecular weight excluding hydrogens is 272 g/mol. The number of rotatable bonds is 4. The summed E-state index contributed by atoms with van der Waals surface area (Å²) < 4.78 is 0. The maximum atomic E-state index is 10.3. The monoisotopic (exact) mass is 292 g/mol. The number of fused-ring (bicyclic) bond motifs is 1. The first-order valence-electron chi connectivity index (χ1n) is 7.43. The first-order valence-corrected chi connectivity index (χ1v) is 7.43. The average Bonchev–Trinajstić information content (AvgIpc) is 2.52. The summed E-state index contributed by atoms with van der Waals surface area (Å²) in [6, 6.07) is 20.3. The first kappa shape index (κ1) is 14.5. The van der Waals surface area contributed by atoms with E-state index in [1.54, 1.807) is 6.20 Å². The number of anilines is 2. The van der Waals surface area contributed by atoms with E-state index in [2.05, 4.69) is 34.1 Å². The normalized spacial score (nSPS) is 11.6. The number of para-hydroxylation sites is 1. The molecule has 0 saturated carbocycles. The molecule has 0 aliphatic heterocycles. The number of aliphatic hydroxyl groups is 1. The van der Waals surface area contributed by atoms with E-state index in [0.29, 0.717) is 6.54 Å². The predicted molar refractivity (Wildman–Crippen MR) is 91.5 cm³/mol. The van der Waals surface area contributed by atoms with Crippen LogP contribution in [-0.4, -0.2) is 22.2 Å². The number of nitrogens with zero attached hydrogens (tertiary/aromatic N) is 2. The van der Waals surface area contributed by atoms with Gasteiger partial charge in [0.2, 0.25) is 0 Å². The van der Waals surface area contributed by atoms with Gasteiger partial charge in [0.15, 0.2) is 0 Å². The van der Waals surface area contributed by atoms with Gasteiger partial charge in [0.25, 0.3) is 0 Å².